The first-order valence-corrected chi connectivity index (χ1v) is 7.74. The second-order valence-corrected chi connectivity index (χ2v) is 5.95. The summed E-state index contributed by atoms with van der Waals surface area (Å²) in [5.74, 6) is 0. The second-order valence-electron chi connectivity index (χ2n) is 3.24. The van der Waals surface area contributed by atoms with Gasteiger partial charge in [0.05, 0.1) is 0 Å². The van der Waals surface area contributed by atoms with E-state index in [9.17, 15) is 4.79 Å². The largest absolute Gasteiger partial charge is 0.544 e. The molecule has 102 valence electrons. The number of carbonyl (C=O) groups is 1. The Labute approximate surface area is 104 Å². The Balaban J connectivity index is 4.96. The molecule has 0 aromatic carbocycles. The van der Waals surface area contributed by atoms with Crippen LogP contribution in [0.15, 0.2) is 0 Å². The minimum atomic E-state index is -3.01. The Morgan fingerprint density at radius 2 is 1.47 bits per heavy atom. The van der Waals surface area contributed by atoms with Gasteiger partial charge in [-0.05, 0) is 27.2 Å². The van der Waals surface area contributed by atoms with Crippen LogP contribution in [0.25, 0.3) is 0 Å². The van der Waals surface area contributed by atoms with Gasteiger partial charge in [-0.3, -0.25) is 0 Å². The molecule has 0 aliphatic rings. The predicted molar refractivity (Wildman–Crippen MR) is 65.4 cm³/mol. The lowest BCUT2D eigenvalue weighted by atomic mass is 10.5. The van der Waals surface area contributed by atoms with Crippen molar-refractivity contribution in [2.75, 3.05) is 19.8 Å². The number of carbonyl (C=O) groups excluding carboxylic acids is 1. The molecule has 0 aromatic rings. The lowest BCUT2D eigenvalue weighted by Gasteiger charge is -2.33. The Hall–Kier alpha value is -0.633. The first kappa shape index (κ1) is 16.4. The Bertz CT molecular complexity index is 210. The second kappa shape index (κ2) is 8.46. The van der Waals surface area contributed by atoms with Crippen molar-refractivity contribution in [3.8, 4) is 0 Å². The third kappa shape index (κ3) is 5.03. The molecular formula is C10H23NO5Si. The number of hydrogen-bond acceptors (Lipinski definition) is 5. The number of nitrogens with two attached hydrogens (primary N) is 1. The van der Waals surface area contributed by atoms with Crippen LogP contribution in [-0.2, 0) is 18.0 Å². The normalized spacial score (nSPS) is 13.4. The van der Waals surface area contributed by atoms with Crippen molar-refractivity contribution in [2.45, 2.75) is 39.8 Å². The first-order chi connectivity index (χ1) is 8.06. The maximum Gasteiger partial charge on any atom is 0.544 e. The van der Waals surface area contributed by atoms with Gasteiger partial charge in [0.2, 0.25) is 0 Å². The standard InChI is InChI=1S/C10H23NO5Si/c1-5-9(16-10(11)12)17(13-6-2,14-7-3)15-8-4/h9H,5-8H2,1-4H3,(H2,11,12). The summed E-state index contributed by atoms with van der Waals surface area (Å²) in [6, 6.07) is 0. The van der Waals surface area contributed by atoms with Crippen molar-refractivity contribution < 1.29 is 22.8 Å². The monoisotopic (exact) mass is 265 g/mol. The lowest BCUT2D eigenvalue weighted by Crippen LogP contribution is -2.58. The van der Waals surface area contributed by atoms with E-state index in [-0.39, 0.29) is 0 Å². The number of primary amides is 1. The summed E-state index contributed by atoms with van der Waals surface area (Å²) in [6.45, 7) is 8.71. The van der Waals surface area contributed by atoms with Crippen LogP contribution in [0.5, 0.6) is 0 Å². The lowest BCUT2D eigenvalue weighted by molar-refractivity contribution is 0.0142. The highest BCUT2D eigenvalue weighted by atomic mass is 28.4. The van der Waals surface area contributed by atoms with E-state index < -0.39 is 20.6 Å². The molecule has 17 heavy (non-hydrogen) atoms. The van der Waals surface area contributed by atoms with Crippen LogP contribution in [0.4, 0.5) is 4.79 Å². The quantitative estimate of drug-likeness (QED) is 0.638. The zero-order valence-corrected chi connectivity index (χ0v) is 12.0. The van der Waals surface area contributed by atoms with Crippen molar-refractivity contribution in [1.29, 1.82) is 0 Å². The van der Waals surface area contributed by atoms with E-state index in [1.807, 2.05) is 27.7 Å². The van der Waals surface area contributed by atoms with Gasteiger partial charge in [-0.25, -0.2) is 4.79 Å². The Kier molecular flexibility index (Phi) is 8.14. The molecule has 0 aliphatic heterocycles. The van der Waals surface area contributed by atoms with E-state index in [0.717, 1.165) is 0 Å². The average molecular weight is 265 g/mol. The fraction of sp³-hybridized carbons (Fsp3) is 0.900. The molecule has 0 saturated carbocycles. The molecule has 6 nitrogen and oxygen atoms in total. The summed E-state index contributed by atoms with van der Waals surface area (Å²) in [4.78, 5) is 10.9. The number of amides is 1. The minimum absolute atomic E-state index is 0.435. The van der Waals surface area contributed by atoms with E-state index >= 15 is 0 Å². The van der Waals surface area contributed by atoms with Crippen molar-refractivity contribution in [3.63, 3.8) is 0 Å². The van der Waals surface area contributed by atoms with Crippen LogP contribution in [-0.4, -0.2) is 40.4 Å². The van der Waals surface area contributed by atoms with Gasteiger partial charge in [-0.15, -0.1) is 0 Å². The van der Waals surface area contributed by atoms with Crippen molar-refractivity contribution in [2.24, 2.45) is 5.73 Å². The summed E-state index contributed by atoms with van der Waals surface area (Å²) >= 11 is 0. The van der Waals surface area contributed by atoms with Gasteiger partial charge >= 0.3 is 14.9 Å². The van der Waals surface area contributed by atoms with Crippen LogP contribution in [0.1, 0.15) is 34.1 Å². The third-order valence-corrected chi connectivity index (χ3v) is 5.45. The molecule has 0 heterocycles. The maximum absolute atomic E-state index is 10.9. The molecular weight excluding hydrogens is 242 g/mol. The van der Waals surface area contributed by atoms with E-state index in [1.54, 1.807) is 0 Å². The fourth-order valence-corrected chi connectivity index (χ4v) is 4.33. The van der Waals surface area contributed by atoms with E-state index in [1.165, 1.54) is 0 Å². The summed E-state index contributed by atoms with van der Waals surface area (Å²) in [6.07, 6.45) is -0.303. The highest BCUT2D eigenvalue weighted by molar-refractivity contribution is 6.62. The van der Waals surface area contributed by atoms with Gasteiger partial charge < -0.3 is 23.7 Å². The molecule has 0 aromatic heterocycles. The minimum Gasteiger partial charge on any atom is -0.442 e. The SMILES string of the molecule is CCO[Si](OCC)(OCC)C(CC)OC(N)=O. The number of rotatable bonds is 9. The molecule has 7 heteroatoms. The molecule has 0 rings (SSSR count). The third-order valence-electron chi connectivity index (χ3n) is 2.06. The first-order valence-electron chi connectivity index (χ1n) is 5.94. The summed E-state index contributed by atoms with van der Waals surface area (Å²) in [7, 11) is -3.01. The highest BCUT2D eigenvalue weighted by Gasteiger charge is 2.51. The van der Waals surface area contributed by atoms with Crippen molar-refractivity contribution in [1.82, 2.24) is 0 Å². The topological polar surface area (TPSA) is 80.0 Å². The molecule has 0 bridgehead atoms. The molecule has 0 aliphatic carbocycles. The summed E-state index contributed by atoms with van der Waals surface area (Å²) in [5, 5.41) is 0. The van der Waals surface area contributed by atoms with Gasteiger partial charge in [0.1, 0.15) is 0 Å². The summed E-state index contributed by atoms with van der Waals surface area (Å²) in [5.41, 5.74) is 4.49. The van der Waals surface area contributed by atoms with E-state index in [0.29, 0.717) is 26.2 Å². The molecule has 0 saturated heterocycles. The van der Waals surface area contributed by atoms with E-state index in [2.05, 4.69) is 0 Å². The van der Waals surface area contributed by atoms with Crippen LogP contribution in [0, 0.1) is 0 Å². The molecule has 0 fully saturated rings. The zero-order valence-electron chi connectivity index (χ0n) is 11.0. The predicted octanol–water partition coefficient (Wildman–Crippen LogP) is 1.45. The Morgan fingerprint density at radius 3 is 1.71 bits per heavy atom. The zero-order chi connectivity index (χ0) is 13.3. The van der Waals surface area contributed by atoms with Crippen LogP contribution < -0.4 is 5.73 Å². The summed E-state index contributed by atoms with van der Waals surface area (Å²) < 4.78 is 21.9. The van der Waals surface area contributed by atoms with Gasteiger partial charge in [-0.2, -0.15) is 0 Å². The van der Waals surface area contributed by atoms with Gasteiger partial charge in [0, 0.05) is 19.8 Å². The molecule has 1 atom stereocenters. The van der Waals surface area contributed by atoms with E-state index in [4.69, 9.17) is 23.7 Å². The smallest absolute Gasteiger partial charge is 0.442 e. The van der Waals surface area contributed by atoms with Gasteiger partial charge in [0.15, 0.2) is 5.73 Å². The van der Waals surface area contributed by atoms with Gasteiger partial charge in [0.25, 0.3) is 0 Å². The highest BCUT2D eigenvalue weighted by Crippen LogP contribution is 2.20. The van der Waals surface area contributed by atoms with Crippen LogP contribution >= 0.6 is 0 Å². The Morgan fingerprint density at radius 1 is 1.06 bits per heavy atom. The number of ether oxygens (including phenoxy) is 1. The van der Waals surface area contributed by atoms with Crippen LogP contribution in [0.3, 0.4) is 0 Å². The molecule has 0 radical (unpaired) electrons. The molecule has 1 amide bonds. The number of hydrogen-bond donors (Lipinski definition) is 1. The molecule has 0 spiro atoms. The maximum atomic E-state index is 10.9. The molecule has 1 unspecified atom stereocenters. The van der Waals surface area contributed by atoms with Crippen molar-refractivity contribution in [3.05, 3.63) is 0 Å². The van der Waals surface area contributed by atoms with Crippen LogP contribution in [0.2, 0.25) is 0 Å². The molecule has 2 N–H and O–H groups in total. The fourth-order valence-electron chi connectivity index (χ4n) is 1.55. The average Bonchev–Trinajstić information content (AvgIpc) is 2.26. The van der Waals surface area contributed by atoms with Gasteiger partial charge in [-0.1, -0.05) is 6.92 Å². The van der Waals surface area contributed by atoms with Crippen molar-refractivity contribution >= 4 is 14.9 Å².